The second-order valence-electron chi connectivity index (χ2n) is 6.31. The van der Waals surface area contributed by atoms with E-state index in [2.05, 4.69) is 21.6 Å². The van der Waals surface area contributed by atoms with Gasteiger partial charge in [-0.05, 0) is 31.2 Å². The number of aromatic amines is 1. The summed E-state index contributed by atoms with van der Waals surface area (Å²) in [6, 6.07) is 11.8. The Bertz CT molecular complexity index is 850. The fraction of sp³-hybridized carbons (Fsp3) is 0.412. The summed E-state index contributed by atoms with van der Waals surface area (Å²) in [6.07, 6.45) is 1.93. The average molecular weight is 357 g/mol. The molecular formula is C17H19N5O2S. The SMILES string of the molecule is CC(C#N)(NC(=O)CSc1n[nH]c(=O)n1Cc1ccccc1)C1CC1. The smallest absolute Gasteiger partial charge is 0.337 e. The fourth-order valence-corrected chi connectivity index (χ4v) is 3.40. The lowest BCUT2D eigenvalue weighted by atomic mass is 9.98. The zero-order valence-corrected chi connectivity index (χ0v) is 14.7. The maximum absolute atomic E-state index is 12.2. The average Bonchev–Trinajstić information content (AvgIpc) is 3.41. The van der Waals surface area contributed by atoms with Gasteiger partial charge in [0, 0.05) is 0 Å². The molecule has 1 unspecified atom stereocenters. The van der Waals surface area contributed by atoms with Gasteiger partial charge in [-0.15, -0.1) is 5.10 Å². The number of H-pyrrole nitrogens is 1. The van der Waals surface area contributed by atoms with Gasteiger partial charge in [0.05, 0.1) is 18.4 Å². The van der Waals surface area contributed by atoms with Crippen molar-refractivity contribution in [1.29, 1.82) is 5.26 Å². The van der Waals surface area contributed by atoms with E-state index in [-0.39, 0.29) is 23.3 Å². The van der Waals surface area contributed by atoms with Gasteiger partial charge in [-0.2, -0.15) is 5.26 Å². The zero-order chi connectivity index (χ0) is 17.9. The number of carbonyl (C=O) groups excluding carboxylic acids is 1. The number of aromatic nitrogens is 3. The van der Waals surface area contributed by atoms with E-state index >= 15 is 0 Å². The number of hydrogen-bond donors (Lipinski definition) is 2. The van der Waals surface area contributed by atoms with Crippen LogP contribution in [0.4, 0.5) is 0 Å². The first kappa shape index (κ1) is 17.3. The van der Waals surface area contributed by atoms with Crippen LogP contribution in [-0.4, -0.2) is 32.0 Å². The Morgan fingerprint density at radius 2 is 2.20 bits per heavy atom. The number of carbonyl (C=O) groups is 1. The minimum absolute atomic E-state index is 0.100. The van der Waals surface area contributed by atoms with Crippen LogP contribution in [0.3, 0.4) is 0 Å². The maximum Gasteiger partial charge on any atom is 0.344 e. The van der Waals surface area contributed by atoms with E-state index < -0.39 is 5.54 Å². The van der Waals surface area contributed by atoms with Gasteiger partial charge in [-0.25, -0.2) is 9.89 Å². The molecule has 1 aromatic carbocycles. The number of nitriles is 1. The number of rotatable bonds is 7. The molecule has 0 aliphatic heterocycles. The Hall–Kier alpha value is -2.53. The lowest BCUT2D eigenvalue weighted by molar-refractivity contribution is -0.119. The Labute approximate surface area is 149 Å². The molecule has 1 amide bonds. The molecule has 1 saturated carbocycles. The van der Waals surface area contributed by atoms with Gasteiger partial charge in [0.2, 0.25) is 5.91 Å². The second kappa shape index (κ2) is 7.15. The van der Waals surface area contributed by atoms with E-state index in [1.165, 1.54) is 16.3 Å². The lowest BCUT2D eigenvalue weighted by Gasteiger charge is -2.22. The zero-order valence-electron chi connectivity index (χ0n) is 13.9. The minimum Gasteiger partial charge on any atom is -0.337 e. The molecule has 2 aromatic rings. The molecule has 1 atom stereocenters. The summed E-state index contributed by atoms with van der Waals surface area (Å²) in [5.41, 5.74) is -0.151. The van der Waals surface area contributed by atoms with Gasteiger partial charge in [0.25, 0.3) is 0 Å². The van der Waals surface area contributed by atoms with Crippen LogP contribution in [0.5, 0.6) is 0 Å². The van der Waals surface area contributed by atoms with Crippen molar-refractivity contribution in [3.05, 3.63) is 46.4 Å². The van der Waals surface area contributed by atoms with Crippen LogP contribution in [-0.2, 0) is 11.3 Å². The summed E-state index contributed by atoms with van der Waals surface area (Å²) in [6.45, 7) is 2.14. The van der Waals surface area contributed by atoms with Crippen molar-refractivity contribution in [2.24, 2.45) is 5.92 Å². The Morgan fingerprint density at radius 3 is 2.84 bits per heavy atom. The normalized spacial score (nSPS) is 16.0. The first-order valence-electron chi connectivity index (χ1n) is 8.06. The van der Waals surface area contributed by atoms with Crippen LogP contribution in [0.2, 0.25) is 0 Å². The van der Waals surface area contributed by atoms with Crippen LogP contribution in [0.25, 0.3) is 0 Å². The molecule has 0 spiro atoms. The van der Waals surface area contributed by atoms with Gasteiger partial charge >= 0.3 is 5.69 Å². The molecule has 2 N–H and O–H groups in total. The first-order valence-corrected chi connectivity index (χ1v) is 9.04. The van der Waals surface area contributed by atoms with E-state index in [0.717, 1.165) is 18.4 Å². The summed E-state index contributed by atoms with van der Waals surface area (Å²) in [7, 11) is 0. The third-order valence-corrected chi connectivity index (χ3v) is 5.24. The van der Waals surface area contributed by atoms with Crippen molar-refractivity contribution in [1.82, 2.24) is 20.1 Å². The van der Waals surface area contributed by atoms with Crippen LogP contribution >= 0.6 is 11.8 Å². The van der Waals surface area contributed by atoms with Gasteiger partial charge in [-0.3, -0.25) is 9.36 Å². The molecule has 130 valence electrons. The van der Waals surface area contributed by atoms with Crippen molar-refractivity contribution in [2.75, 3.05) is 5.75 Å². The lowest BCUT2D eigenvalue weighted by Crippen LogP contribution is -2.47. The van der Waals surface area contributed by atoms with E-state index in [1.807, 2.05) is 30.3 Å². The molecular weight excluding hydrogens is 338 g/mol. The summed E-state index contributed by atoms with van der Waals surface area (Å²) >= 11 is 1.18. The predicted octanol–water partition coefficient (Wildman–Crippen LogP) is 1.52. The van der Waals surface area contributed by atoms with E-state index in [0.29, 0.717) is 11.7 Å². The van der Waals surface area contributed by atoms with E-state index in [9.17, 15) is 14.9 Å². The van der Waals surface area contributed by atoms with Crippen molar-refractivity contribution in [2.45, 2.75) is 37.0 Å². The Morgan fingerprint density at radius 1 is 1.48 bits per heavy atom. The van der Waals surface area contributed by atoms with Gasteiger partial charge in [0.15, 0.2) is 5.16 Å². The van der Waals surface area contributed by atoms with E-state index in [4.69, 9.17) is 0 Å². The highest BCUT2D eigenvalue weighted by Crippen LogP contribution is 2.39. The number of nitrogens with zero attached hydrogens (tertiary/aromatic N) is 3. The number of hydrogen-bond acceptors (Lipinski definition) is 5. The topological polar surface area (TPSA) is 104 Å². The van der Waals surface area contributed by atoms with Crippen LogP contribution in [0.1, 0.15) is 25.3 Å². The summed E-state index contributed by atoms with van der Waals surface area (Å²) in [5, 5.41) is 19.0. The molecule has 1 heterocycles. The van der Waals surface area contributed by atoms with Crippen molar-refractivity contribution in [3.63, 3.8) is 0 Å². The Balaban J connectivity index is 1.63. The molecule has 1 aromatic heterocycles. The minimum atomic E-state index is -0.813. The van der Waals surface area contributed by atoms with Crippen LogP contribution in [0.15, 0.2) is 40.3 Å². The molecule has 0 bridgehead atoms. The Kier molecular flexibility index (Phi) is 4.95. The van der Waals surface area contributed by atoms with Crippen molar-refractivity contribution < 1.29 is 4.79 Å². The summed E-state index contributed by atoms with van der Waals surface area (Å²) < 4.78 is 1.50. The molecule has 3 rings (SSSR count). The third-order valence-electron chi connectivity index (χ3n) is 4.26. The highest BCUT2D eigenvalue weighted by Gasteiger charge is 2.42. The van der Waals surface area contributed by atoms with E-state index in [1.54, 1.807) is 6.92 Å². The van der Waals surface area contributed by atoms with Gasteiger partial charge in [-0.1, -0.05) is 42.1 Å². The largest absolute Gasteiger partial charge is 0.344 e. The molecule has 1 fully saturated rings. The van der Waals surface area contributed by atoms with Crippen molar-refractivity contribution >= 4 is 17.7 Å². The molecule has 7 nitrogen and oxygen atoms in total. The monoisotopic (exact) mass is 357 g/mol. The number of thioether (sulfide) groups is 1. The molecule has 8 heteroatoms. The summed E-state index contributed by atoms with van der Waals surface area (Å²) in [4.78, 5) is 24.1. The van der Waals surface area contributed by atoms with Crippen LogP contribution < -0.4 is 11.0 Å². The second-order valence-corrected chi connectivity index (χ2v) is 7.25. The van der Waals surface area contributed by atoms with Crippen LogP contribution in [0, 0.1) is 17.2 Å². The fourth-order valence-electron chi connectivity index (χ4n) is 2.66. The molecule has 25 heavy (non-hydrogen) atoms. The maximum atomic E-state index is 12.2. The number of amides is 1. The third kappa shape index (κ3) is 4.12. The van der Waals surface area contributed by atoms with Gasteiger partial charge < -0.3 is 5.32 Å². The molecule has 1 aliphatic carbocycles. The predicted molar refractivity (Wildman–Crippen MR) is 94.0 cm³/mol. The standard InChI is InChI=1S/C17H19N5O2S/c1-17(11-18,13-7-8-13)19-14(23)10-25-16-21-20-15(24)22(16)9-12-5-3-2-4-6-12/h2-6,13H,7-10H2,1H3,(H,19,23)(H,20,24). The molecule has 0 saturated heterocycles. The molecule has 1 aliphatic rings. The highest BCUT2D eigenvalue weighted by atomic mass is 32.2. The first-order chi connectivity index (χ1) is 12.0. The van der Waals surface area contributed by atoms with Crippen molar-refractivity contribution in [3.8, 4) is 6.07 Å². The number of nitrogens with one attached hydrogen (secondary N) is 2. The number of benzene rings is 1. The quantitative estimate of drug-likeness (QED) is 0.731. The highest BCUT2D eigenvalue weighted by molar-refractivity contribution is 7.99. The van der Waals surface area contributed by atoms with Gasteiger partial charge in [0.1, 0.15) is 5.54 Å². The summed E-state index contributed by atoms with van der Waals surface area (Å²) in [5.74, 6) is 0.0963. The molecule has 0 radical (unpaired) electrons.